The number of carbonyl (C=O) groups is 2. The van der Waals surface area contributed by atoms with Crippen LogP contribution in [0.4, 0.5) is 0 Å². The lowest BCUT2D eigenvalue weighted by molar-refractivity contribution is -0.123. The Morgan fingerprint density at radius 3 is 1.79 bits per heavy atom. The van der Waals surface area contributed by atoms with Gasteiger partial charge in [0, 0.05) is 11.3 Å². The lowest BCUT2D eigenvalue weighted by atomic mass is 10.0. The number of hydrogen-bond acceptors (Lipinski definition) is 3. The van der Waals surface area contributed by atoms with Crippen LogP contribution in [0.25, 0.3) is 34.3 Å². The van der Waals surface area contributed by atoms with Crippen molar-refractivity contribution in [2.75, 3.05) is 0 Å². The minimum absolute atomic E-state index is 0.00519. The predicted molar refractivity (Wildman–Crippen MR) is 134 cm³/mol. The minimum Gasteiger partial charge on any atom is -0.309 e. The number of aromatic nitrogens is 1. The van der Waals surface area contributed by atoms with E-state index in [9.17, 15) is 9.59 Å². The van der Waals surface area contributed by atoms with Crippen LogP contribution in [0.1, 0.15) is 5.56 Å². The molecular weight excluding hydrogens is 430 g/mol. The maximum absolute atomic E-state index is 12.6. The molecule has 0 unspecified atom stereocenters. The zero-order chi connectivity index (χ0) is 22.8. The Bertz CT molecular complexity index is 1370. The molecular formula is C27H19N3O2S. The van der Waals surface area contributed by atoms with Crippen LogP contribution < -0.4 is 10.6 Å². The van der Waals surface area contributed by atoms with Crippen LogP contribution in [0.3, 0.4) is 0 Å². The molecule has 0 radical (unpaired) electrons. The van der Waals surface area contributed by atoms with E-state index in [0.717, 1.165) is 33.8 Å². The number of nitrogens with zero attached hydrogens (tertiary/aromatic N) is 1. The van der Waals surface area contributed by atoms with Crippen molar-refractivity contribution in [3.63, 3.8) is 0 Å². The van der Waals surface area contributed by atoms with Crippen LogP contribution >= 0.6 is 12.2 Å². The van der Waals surface area contributed by atoms with Crippen LogP contribution in [0.5, 0.6) is 0 Å². The zero-order valence-electron chi connectivity index (χ0n) is 17.5. The smallest absolute Gasteiger partial charge is 0.263 e. The third-order valence-electron chi connectivity index (χ3n) is 5.40. The highest BCUT2D eigenvalue weighted by atomic mass is 32.1. The van der Waals surface area contributed by atoms with Crippen LogP contribution in [0.15, 0.2) is 103 Å². The standard InChI is InChI=1S/C27H19N3O2S/c31-25-22(26(32)29-27(33)28-25)16-20-17-23(18-10-4-1-5-11-18)30(21-14-8-3-9-15-21)24(20)19-12-6-2-7-13-19/h1-17H,(H2,28,29,31,32,33). The summed E-state index contributed by atoms with van der Waals surface area (Å²) in [5.41, 5.74) is 5.52. The van der Waals surface area contributed by atoms with Crippen LogP contribution in [-0.2, 0) is 9.59 Å². The van der Waals surface area contributed by atoms with Gasteiger partial charge in [-0.3, -0.25) is 20.2 Å². The van der Waals surface area contributed by atoms with Crippen LogP contribution in [0, 0.1) is 0 Å². The fourth-order valence-electron chi connectivity index (χ4n) is 3.96. The molecule has 0 bridgehead atoms. The number of benzene rings is 3. The molecule has 0 aliphatic carbocycles. The van der Waals surface area contributed by atoms with Gasteiger partial charge in [-0.2, -0.15) is 0 Å². The average Bonchev–Trinajstić information content (AvgIpc) is 3.22. The van der Waals surface area contributed by atoms with E-state index in [1.807, 2.05) is 97.1 Å². The lowest BCUT2D eigenvalue weighted by Crippen LogP contribution is -2.51. The van der Waals surface area contributed by atoms with E-state index in [4.69, 9.17) is 12.2 Å². The summed E-state index contributed by atoms with van der Waals surface area (Å²) in [4.78, 5) is 25.1. The average molecular weight is 450 g/mol. The third-order valence-corrected chi connectivity index (χ3v) is 5.61. The first-order chi connectivity index (χ1) is 16.1. The monoisotopic (exact) mass is 449 g/mol. The van der Waals surface area contributed by atoms with Crippen molar-refractivity contribution in [1.29, 1.82) is 0 Å². The highest BCUT2D eigenvalue weighted by molar-refractivity contribution is 7.80. The van der Waals surface area contributed by atoms with Crippen molar-refractivity contribution in [2.45, 2.75) is 0 Å². The summed E-state index contributed by atoms with van der Waals surface area (Å²) in [6.45, 7) is 0. The fraction of sp³-hybridized carbons (Fsp3) is 0. The number of para-hydroxylation sites is 1. The number of amides is 2. The summed E-state index contributed by atoms with van der Waals surface area (Å²) in [6, 6.07) is 32.0. The summed E-state index contributed by atoms with van der Waals surface area (Å²) in [5.74, 6) is -1.03. The summed E-state index contributed by atoms with van der Waals surface area (Å²) >= 11 is 4.94. The molecule has 1 aliphatic heterocycles. The third kappa shape index (κ3) is 4.00. The van der Waals surface area contributed by atoms with E-state index in [1.54, 1.807) is 6.08 Å². The topological polar surface area (TPSA) is 63.1 Å². The van der Waals surface area contributed by atoms with Gasteiger partial charge in [0.25, 0.3) is 11.8 Å². The van der Waals surface area contributed by atoms with E-state index >= 15 is 0 Å². The van der Waals surface area contributed by atoms with Gasteiger partial charge in [-0.25, -0.2) is 0 Å². The van der Waals surface area contributed by atoms with Gasteiger partial charge in [0.2, 0.25) is 0 Å². The normalized spacial score (nSPS) is 13.5. The predicted octanol–water partition coefficient (Wildman–Crippen LogP) is 4.73. The highest BCUT2D eigenvalue weighted by Gasteiger charge is 2.27. The summed E-state index contributed by atoms with van der Waals surface area (Å²) in [7, 11) is 0. The molecule has 0 atom stereocenters. The molecule has 0 saturated carbocycles. The van der Waals surface area contributed by atoms with E-state index in [2.05, 4.69) is 15.2 Å². The van der Waals surface area contributed by atoms with Gasteiger partial charge in [0.15, 0.2) is 5.11 Å². The van der Waals surface area contributed by atoms with Gasteiger partial charge in [-0.15, -0.1) is 0 Å². The number of rotatable bonds is 4. The quantitative estimate of drug-likeness (QED) is 0.269. The number of nitrogens with one attached hydrogen (secondary N) is 2. The molecule has 1 fully saturated rings. The molecule has 5 rings (SSSR count). The van der Waals surface area contributed by atoms with Gasteiger partial charge in [-0.05, 0) is 47.6 Å². The Morgan fingerprint density at radius 1 is 0.697 bits per heavy atom. The molecule has 1 aliphatic rings. The molecule has 5 nitrogen and oxygen atoms in total. The Kier molecular flexibility index (Phi) is 5.42. The molecule has 1 aromatic heterocycles. The van der Waals surface area contributed by atoms with Gasteiger partial charge in [0.05, 0.1) is 11.4 Å². The molecule has 2 amide bonds. The first-order valence-corrected chi connectivity index (χ1v) is 10.8. The maximum Gasteiger partial charge on any atom is 0.263 e. The molecule has 3 aromatic carbocycles. The molecule has 2 N–H and O–H groups in total. The molecule has 6 heteroatoms. The van der Waals surface area contributed by atoms with Crippen molar-refractivity contribution < 1.29 is 9.59 Å². The Labute approximate surface area is 196 Å². The summed E-state index contributed by atoms with van der Waals surface area (Å²) in [5, 5.41) is 5.03. The molecule has 4 aromatic rings. The lowest BCUT2D eigenvalue weighted by Gasteiger charge is -2.17. The van der Waals surface area contributed by atoms with E-state index in [1.165, 1.54) is 0 Å². The van der Waals surface area contributed by atoms with E-state index < -0.39 is 11.8 Å². The van der Waals surface area contributed by atoms with E-state index in [-0.39, 0.29) is 10.7 Å². The number of carbonyl (C=O) groups excluding carboxylic acids is 2. The van der Waals surface area contributed by atoms with Crippen molar-refractivity contribution in [2.24, 2.45) is 0 Å². The van der Waals surface area contributed by atoms with Gasteiger partial charge in [-0.1, -0.05) is 78.9 Å². The SMILES string of the molecule is O=C1NC(=S)NC(=O)C1=Cc1cc(-c2ccccc2)n(-c2ccccc2)c1-c1ccccc1. The van der Waals surface area contributed by atoms with Crippen molar-refractivity contribution >= 4 is 35.2 Å². The number of hydrogen-bond donors (Lipinski definition) is 2. The first-order valence-electron chi connectivity index (χ1n) is 10.4. The van der Waals surface area contributed by atoms with Crippen molar-refractivity contribution in [3.8, 4) is 28.2 Å². The first kappa shape index (κ1) is 20.6. The Balaban J connectivity index is 1.82. The second-order valence-corrected chi connectivity index (χ2v) is 7.94. The van der Waals surface area contributed by atoms with Crippen molar-refractivity contribution in [1.82, 2.24) is 15.2 Å². The maximum atomic E-state index is 12.6. The molecule has 0 spiro atoms. The van der Waals surface area contributed by atoms with Gasteiger partial charge >= 0.3 is 0 Å². The van der Waals surface area contributed by atoms with Crippen LogP contribution in [-0.4, -0.2) is 21.5 Å². The molecule has 160 valence electrons. The second kappa shape index (κ2) is 8.68. The van der Waals surface area contributed by atoms with E-state index in [0.29, 0.717) is 0 Å². The Hall–Kier alpha value is -4.29. The number of thiocarbonyl (C=S) groups is 1. The highest BCUT2D eigenvalue weighted by Crippen LogP contribution is 2.37. The zero-order valence-corrected chi connectivity index (χ0v) is 18.3. The van der Waals surface area contributed by atoms with Crippen LogP contribution in [0.2, 0.25) is 0 Å². The van der Waals surface area contributed by atoms with Gasteiger partial charge in [0.1, 0.15) is 5.57 Å². The molecule has 1 saturated heterocycles. The fourth-order valence-corrected chi connectivity index (χ4v) is 4.15. The van der Waals surface area contributed by atoms with Crippen molar-refractivity contribution in [3.05, 3.63) is 108 Å². The Morgan fingerprint density at radius 2 is 1.21 bits per heavy atom. The molecule has 2 heterocycles. The summed E-state index contributed by atoms with van der Waals surface area (Å²) < 4.78 is 2.15. The summed E-state index contributed by atoms with van der Waals surface area (Å²) in [6.07, 6.45) is 1.63. The van der Waals surface area contributed by atoms with Gasteiger partial charge < -0.3 is 4.57 Å². The minimum atomic E-state index is -0.517. The second-order valence-electron chi connectivity index (χ2n) is 7.53. The largest absolute Gasteiger partial charge is 0.309 e. The molecule has 33 heavy (non-hydrogen) atoms.